The summed E-state index contributed by atoms with van der Waals surface area (Å²) in [6.07, 6.45) is 2.97. The highest BCUT2D eigenvalue weighted by Crippen LogP contribution is 2.49. The molecule has 2 heterocycles. The average Bonchev–Trinajstić information content (AvgIpc) is 2.34. The molecule has 1 atom stereocenters. The van der Waals surface area contributed by atoms with Gasteiger partial charge in [0.1, 0.15) is 0 Å². The Morgan fingerprint density at radius 1 is 1.08 bits per heavy atom. The fourth-order valence-electron chi connectivity index (χ4n) is 3.29. The molecular weight excluding hydrogens is 146 g/mol. The van der Waals surface area contributed by atoms with Gasteiger partial charge in [-0.3, -0.25) is 4.90 Å². The van der Waals surface area contributed by atoms with Crippen molar-refractivity contribution in [2.45, 2.75) is 58.7 Å². The van der Waals surface area contributed by atoms with E-state index in [1.807, 2.05) is 0 Å². The normalized spacial score (nSPS) is 41.0. The highest BCUT2D eigenvalue weighted by atomic mass is 15.3. The summed E-state index contributed by atoms with van der Waals surface area (Å²) in [5.74, 6) is 1.89. The molecule has 2 saturated heterocycles. The van der Waals surface area contributed by atoms with Crippen LogP contribution in [-0.4, -0.2) is 23.0 Å². The average molecular weight is 167 g/mol. The summed E-state index contributed by atoms with van der Waals surface area (Å²) in [6, 6.07) is 2.60. The second kappa shape index (κ2) is 2.73. The second-order valence-electron chi connectivity index (χ2n) is 5.16. The van der Waals surface area contributed by atoms with Crippen molar-refractivity contribution in [3.8, 4) is 0 Å². The first-order chi connectivity index (χ1) is 5.61. The maximum absolute atomic E-state index is 2.76. The number of hydrogen-bond donors (Lipinski definition) is 0. The molecule has 0 spiro atoms. The van der Waals surface area contributed by atoms with Gasteiger partial charge in [-0.15, -0.1) is 0 Å². The molecule has 0 aromatic heterocycles. The minimum atomic E-state index is 0.759. The quantitative estimate of drug-likeness (QED) is 0.611. The van der Waals surface area contributed by atoms with Crippen LogP contribution >= 0.6 is 0 Å². The highest BCUT2D eigenvalue weighted by Gasteiger charge is 2.51. The maximum atomic E-state index is 2.76. The monoisotopic (exact) mass is 167 g/mol. The van der Waals surface area contributed by atoms with Gasteiger partial charge in [-0.2, -0.15) is 0 Å². The molecule has 1 aliphatic carbocycles. The summed E-state index contributed by atoms with van der Waals surface area (Å²) in [5, 5.41) is 0. The molecule has 1 nitrogen and oxygen atoms in total. The van der Waals surface area contributed by atoms with Crippen LogP contribution < -0.4 is 0 Å². The number of hydrogen-bond acceptors (Lipinski definition) is 1. The van der Waals surface area contributed by atoms with Crippen LogP contribution in [0.4, 0.5) is 0 Å². The summed E-state index contributed by atoms with van der Waals surface area (Å²) in [4.78, 5) is 2.76. The van der Waals surface area contributed by atoms with Crippen LogP contribution in [0.3, 0.4) is 0 Å². The molecule has 0 N–H and O–H groups in total. The van der Waals surface area contributed by atoms with E-state index in [0.717, 1.165) is 30.0 Å². The van der Waals surface area contributed by atoms with E-state index in [-0.39, 0.29) is 0 Å². The predicted molar refractivity (Wildman–Crippen MR) is 52.1 cm³/mol. The zero-order chi connectivity index (χ0) is 8.88. The number of nitrogens with zero attached hydrogens (tertiary/aromatic N) is 1. The van der Waals surface area contributed by atoms with Gasteiger partial charge in [0, 0.05) is 18.1 Å². The van der Waals surface area contributed by atoms with Crippen molar-refractivity contribution < 1.29 is 0 Å². The van der Waals surface area contributed by atoms with Crippen molar-refractivity contribution in [3.63, 3.8) is 0 Å². The fourth-order valence-corrected chi connectivity index (χ4v) is 3.29. The van der Waals surface area contributed by atoms with Crippen molar-refractivity contribution in [1.82, 2.24) is 4.90 Å². The topological polar surface area (TPSA) is 3.24 Å². The lowest BCUT2D eigenvalue weighted by Crippen LogP contribution is -2.39. The molecule has 2 bridgehead atoms. The Morgan fingerprint density at radius 3 is 2.00 bits per heavy atom. The van der Waals surface area contributed by atoms with Crippen LogP contribution in [0.1, 0.15) is 40.5 Å². The van der Waals surface area contributed by atoms with Gasteiger partial charge >= 0.3 is 0 Å². The van der Waals surface area contributed by atoms with Crippen LogP contribution in [0.2, 0.25) is 0 Å². The lowest BCUT2D eigenvalue weighted by atomic mass is 9.80. The zero-order valence-corrected chi connectivity index (χ0v) is 8.75. The van der Waals surface area contributed by atoms with E-state index >= 15 is 0 Å². The number of fused-ring (bicyclic) bond motifs is 1. The summed E-state index contributed by atoms with van der Waals surface area (Å²) in [7, 11) is 0. The van der Waals surface area contributed by atoms with E-state index < -0.39 is 0 Å². The van der Waals surface area contributed by atoms with E-state index in [0.29, 0.717) is 0 Å². The molecule has 3 aliphatic rings. The lowest BCUT2D eigenvalue weighted by molar-refractivity contribution is 0.151. The Hall–Kier alpha value is -0.0400. The molecule has 3 fully saturated rings. The molecule has 0 aromatic carbocycles. The predicted octanol–water partition coefficient (Wildman–Crippen LogP) is 2.51. The molecule has 1 unspecified atom stereocenters. The van der Waals surface area contributed by atoms with E-state index in [1.54, 1.807) is 0 Å². The van der Waals surface area contributed by atoms with E-state index in [1.165, 1.54) is 12.8 Å². The lowest BCUT2D eigenvalue weighted by Gasteiger charge is -2.31. The van der Waals surface area contributed by atoms with Crippen LogP contribution in [0.15, 0.2) is 0 Å². The van der Waals surface area contributed by atoms with Crippen molar-refractivity contribution in [2.24, 2.45) is 11.8 Å². The minimum absolute atomic E-state index is 0.759. The molecule has 0 amide bonds. The molecule has 1 saturated carbocycles. The van der Waals surface area contributed by atoms with Crippen molar-refractivity contribution >= 4 is 0 Å². The van der Waals surface area contributed by atoms with Gasteiger partial charge in [-0.05, 0) is 38.5 Å². The van der Waals surface area contributed by atoms with Gasteiger partial charge in [-0.25, -0.2) is 0 Å². The van der Waals surface area contributed by atoms with Gasteiger partial charge < -0.3 is 0 Å². The Morgan fingerprint density at radius 2 is 1.67 bits per heavy atom. The van der Waals surface area contributed by atoms with Gasteiger partial charge in [0.15, 0.2) is 0 Å². The largest absolute Gasteiger partial charge is 0.294 e. The van der Waals surface area contributed by atoms with Crippen LogP contribution in [0.25, 0.3) is 0 Å². The standard InChI is InChI=1S/C11H21N/c1-7(2)11-9-5-10(6-9)12(11)8(3)4/h7-11H,5-6H2,1-4H3. The third-order valence-corrected chi connectivity index (χ3v) is 3.68. The van der Waals surface area contributed by atoms with Gasteiger partial charge in [0.05, 0.1) is 0 Å². The Bertz CT molecular complexity index is 150. The zero-order valence-electron chi connectivity index (χ0n) is 8.75. The summed E-state index contributed by atoms with van der Waals surface area (Å²) in [6.45, 7) is 9.44. The molecule has 12 heavy (non-hydrogen) atoms. The summed E-state index contributed by atoms with van der Waals surface area (Å²) in [5.41, 5.74) is 0. The fraction of sp³-hybridized carbons (Fsp3) is 1.00. The van der Waals surface area contributed by atoms with Crippen molar-refractivity contribution in [2.75, 3.05) is 0 Å². The third-order valence-electron chi connectivity index (χ3n) is 3.68. The minimum Gasteiger partial charge on any atom is -0.294 e. The molecule has 0 aromatic rings. The third kappa shape index (κ3) is 1.02. The molecule has 70 valence electrons. The Labute approximate surface area is 76.1 Å². The van der Waals surface area contributed by atoms with Gasteiger partial charge in [0.25, 0.3) is 0 Å². The SMILES string of the molecule is CC(C)C1C2CC(C2)N1C(C)C. The van der Waals surface area contributed by atoms with Gasteiger partial charge in [-0.1, -0.05) is 13.8 Å². The Kier molecular flexibility index (Phi) is 1.95. The van der Waals surface area contributed by atoms with Crippen molar-refractivity contribution in [1.29, 1.82) is 0 Å². The maximum Gasteiger partial charge on any atom is 0.0153 e. The first kappa shape index (κ1) is 8.55. The molecular formula is C11H21N. The van der Waals surface area contributed by atoms with E-state index in [9.17, 15) is 0 Å². The molecule has 0 radical (unpaired) electrons. The van der Waals surface area contributed by atoms with Gasteiger partial charge in [0.2, 0.25) is 0 Å². The number of rotatable bonds is 2. The van der Waals surface area contributed by atoms with Crippen molar-refractivity contribution in [3.05, 3.63) is 0 Å². The van der Waals surface area contributed by atoms with E-state index in [2.05, 4.69) is 32.6 Å². The first-order valence-electron chi connectivity index (χ1n) is 5.38. The smallest absolute Gasteiger partial charge is 0.0153 e. The molecule has 2 aliphatic heterocycles. The Balaban J connectivity index is 2.11. The van der Waals surface area contributed by atoms with Crippen LogP contribution in [0, 0.1) is 11.8 Å². The van der Waals surface area contributed by atoms with Crippen LogP contribution in [-0.2, 0) is 0 Å². The highest BCUT2D eigenvalue weighted by molar-refractivity contribution is 5.06. The molecule has 3 rings (SSSR count). The van der Waals surface area contributed by atoms with E-state index in [4.69, 9.17) is 0 Å². The summed E-state index contributed by atoms with van der Waals surface area (Å²) >= 11 is 0. The summed E-state index contributed by atoms with van der Waals surface area (Å²) < 4.78 is 0. The second-order valence-corrected chi connectivity index (χ2v) is 5.16. The van der Waals surface area contributed by atoms with Crippen LogP contribution in [0.5, 0.6) is 0 Å². The first-order valence-corrected chi connectivity index (χ1v) is 5.38. The molecule has 1 heteroatoms.